The molecule has 0 unspecified atom stereocenters. The largest absolute Gasteiger partial charge is 0.348 e. The van der Waals surface area contributed by atoms with E-state index in [-0.39, 0.29) is 22.9 Å². The van der Waals surface area contributed by atoms with Crippen molar-refractivity contribution in [1.29, 1.82) is 0 Å². The third-order valence-electron chi connectivity index (χ3n) is 6.02. The van der Waals surface area contributed by atoms with Gasteiger partial charge in [0.1, 0.15) is 0 Å². The number of carbonyl (C=O) groups is 1. The van der Waals surface area contributed by atoms with Crippen LogP contribution < -0.4 is 9.62 Å². The molecule has 0 atom stereocenters. The number of benzene rings is 3. The van der Waals surface area contributed by atoms with Gasteiger partial charge in [-0.05, 0) is 63.2 Å². The third kappa shape index (κ3) is 4.97. The van der Waals surface area contributed by atoms with Crippen LogP contribution in [0.25, 0.3) is 5.69 Å². The second-order valence-corrected chi connectivity index (χ2v) is 10.4. The highest BCUT2D eigenvalue weighted by atomic mass is 32.2. The smallest absolute Gasteiger partial charge is 0.264 e. The van der Waals surface area contributed by atoms with E-state index in [1.165, 1.54) is 23.5 Å². The summed E-state index contributed by atoms with van der Waals surface area (Å²) in [5, 5.41) is 7.52. The molecule has 35 heavy (non-hydrogen) atoms. The lowest BCUT2D eigenvalue weighted by molar-refractivity contribution is 0.0950. The minimum absolute atomic E-state index is 0.0532. The first-order valence-corrected chi connectivity index (χ1v) is 12.7. The number of carbonyl (C=O) groups excluding carboxylic acids is 1. The maximum atomic E-state index is 13.2. The van der Waals surface area contributed by atoms with Crippen molar-refractivity contribution >= 4 is 21.6 Å². The average molecular weight is 489 g/mol. The fourth-order valence-corrected chi connectivity index (χ4v) is 5.11. The van der Waals surface area contributed by atoms with Crippen LogP contribution in [-0.4, -0.2) is 31.2 Å². The molecule has 0 saturated heterocycles. The predicted octanol–water partition coefficient (Wildman–Crippen LogP) is 4.55. The molecule has 1 amide bonds. The fraction of sp³-hybridized carbons (Fsp3) is 0.185. The molecule has 1 N–H and O–H groups in total. The van der Waals surface area contributed by atoms with E-state index in [0.717, 1.165) is 28.2 Å². The van der Waals surface area contributed by atoms with Gasteiger partial charge in [-0.3, -0.25) is 9.10 Å². The lowest BCUT2D eigenvalue weighted by atomic mass is 10.1. The van der Waals surface area contributed by atoms with E-state index in [1.54, 1.807) is 24.3 Å². The maximum Gasteiger partial charge on any atom is 0.264 e. The summed E-state index contributed by atoms with van der Waals surface area (Å²) in [6.07, 6.45) is 0. The molecule has 0 spiro atoms. The molecule has 4 rings (SSSR count). The van der Waals surface area contributed by atoms with E-state index in [1.807, 2.05) is 67.9 Å². The molecule has 3 aromatic carbocycles. The molecular formula is C27H28N4O3S. The van der Waals surface area contributed by atoms with E-state index >= 15 is 0 Å². The number of anilines is 1. The van der Waals surface area contributed by atoms with Crippen LogP contribution in [0.3, 0.4) is 0 Å². The van der Waals surface area contributed by atoms with Crippen molar-refractivity contribution in [3.05, 3.63) is 107 Å². The molecule has 0 fully saturated rings. The van der Waals surface area contributed by atoms with E-state index in [0.29, 0.717) is 5.69 Å². The first-order valence-electron chi connectivity index (χ1n) is 11.2. The highest BCUT2D eigenvalue weighted by Gasteiger charge is 2.23. The Morgan fingerprint density at radius 3 is 2.31 bits per heavy atom. The van der Waals surface area contributed by atoms with Crippen LogP contribution in [0.2, 0.25) is 0 Å². The van der Waals surface area contributed by atoms with E-state index in [9.17, 15) is 13.2 Å². The van der Waals surface area contributed by atoms with Gasteiger partial charge in [-0.25, -0.2) is 13.1 Å². The number of nitrogens with one attached hydrogen (secondary N) is 1. The Bertz CT molecular complexity index is 1460. The van der Waals surface area contributed by atoms with Crippen LogP contribution in [0.15, 0.2) is 83.8 Å². The van der Waals surface area contributed by atoms with Gasteiger partial charge >= 0.3 is 0 Å². The standard InChI is InChI=1S/C27H28N4O3S/c1-19-13-15-23(16-14-19)30(4)35(33,34)25-12-8-9-22(17-25)27(32)28-18-26-20(2)29-31(21(26)3)24-10-6-5-7-11-24/h5-17H,18H2,1-4H3,(H,28,32). The second-order valence-electron chi connectivity index (χ2n) is 8.42. The summed E-state index contributed by atoms with van der Waals surface area (Å²) in [5.74, 6) is -0.355. The van der Waals surface area contributed by atoms with Gasteiger partial charge < -0.3 is 5.32 Å². The first kappa shape index (κ1) is 24.2. The van der Waals surface area contributed by atoms with Gasteiger partial charge in [-0.15, -0.1) is 0 Å². The quantitative estimate of drug-likeness (QED) is 0.414. The molecular weight excluding hydrogens is 460 g/mol. The van der Waals surface area contributed by atoms with E-state index in [2.05, 4.69) is 10.4 Å². The number of hydrogen-bond acceptors (Lipinski definition) is 4. The molecule has 0 aliphatic carbocycles. The fourth-order valence-electron chi connectivity index (χ4n) is 3.87. The number of hydrogen-bond donors (Lipinski definition) is 1. The highest BCUT2D eigenvalue weighted by Crippen LogP contribution is 2.23. The normalized spacial score (nSPS) is 11.3. The summed E-state index contributed by atoms with van der Waals surface area (Å²) in [6.45, 7) is 6.09. The van der Waals surface area contributed by atoms with E-state index in [4.69, 9.17) is 0 Å². The van der Waals surface area contributed by atoms with Crippen molar-refractivity contribution in [1.82, 2.24) is 15.1 Å². The van der Waals surface area contributed by atoms with Crippen LogP contribution in [0, 0.1) is 20.8 Å². The van der Waals surface area contributed by atoms with Crippen LogP contribution in [0.4, 0.5) is 5.69 Å². The lowest BCUT2D eigenvalue weighted by Gasteiger charge is -2.20. The van der Waals surface area contributed by atoms with Crippen molar-refractivity contribution < 1.29 is 13.2 Å². The number of aryl methyl sites for hydroxylation is 2. The molecule has 0 bridgehead atoms. The van der Waals surface area contributed by atoms with Crippen molar-refractivity contribution in [3.8, 4) is 5.69 Å². The van der Waals surface area contributed by atoms with Gasteiger partial charge in [-0.2, -0.15) is 5.10 Å². The van der Waals surface area contributed by atoms with Gasteiger partial charge in [0.05, 0.1) is 22.0 Å². The van der Waals surface area contributed by atoms with Crippen molar-refractivity contribution in [2.45, 2.75) is 32.2 Å². The zero-order valence-corrected chi connectivity index (χ0v) is 21.0. The van der Waals surface area contributed by atoms with E-state index < -0.39 is 10.0 Å². The minimum atomic E-state index is -3.83. The number of para-hydroxylation sites is 1. The molecule has 1 heterocycles. The molecule has 0 radical (unpaired) electrons. The first-order chi connectivity index (χ1) is 16.7. The highest BCUT2D eigenvalue weighted by molar-refractivity contribution is 7.92. The van der Waals surface area contributed by atoms with Gasteiger partial charge in [0.25, 0.3) is 15.9 Å². The summed E-state index contributed by atoms with van der Waals surface area (Å²) in [5.41, 5.74) is 5.48. The van der Waals surface area contributed by atoms with Crippen LogP contribution in [0.5, 0.6) is 0 Å². The zero-order valence-electron chi connectivity index (χ0n) is 20.2. The second kappa shape index (κ2) is 9.76. The predicted molar refractivity (Wildman–Crippen MR) is 137 cm³/mol. The molecule has 1 aromatic heterocycles. The molecule has 0 saturated carbocycles. The molecule has 0 aliphatic heterocycles. The Morgan fingerprint density at radius 2 is 1.63 bits per heavy atom. The molecule has 7 nitrogen and oxygen atoms in total. The number of sulfonamides is 1. The Balaban J connectivity index is 1.52. The van der Waals surface area contributed by atoms with Crippen LogP contribution in [-0.2, 0) is 16.6 Å². The number of aromatic nitrogens is 2. The Labute approximate surface area is 206 Å². The summed E-state index contributed by atoms with van der Waals surface area (Å²) in [4.78, 5) is 13.0. The number of nitrogens with zero attached hydrogens (tertiary/aromatic N) is 3. The SMILES string of the molecule is Cc1ccc(N(C)S(=O)(=O)c2cccc(C(=O)NCc3c(C)nn(-c4ccccc4)c3C)c2)cc1. The van der Waals surface area contributed by atoms with Gasteiger partial charge in [0.15, 0.2) is 0 Å². The zero-order chi connectivity index (χ0) is 25.2. The topological polar surface area (TPSA) is 84.3 Å². The summed E-state index contributed by atoms with van der Waals surface area (Å²) in [7, 11) is -2.33. The maximum absolute atomic E-state index is 13.2. The Hall–Kier alpha value is -3.91. The van der Waals surface area contributed by atoms with Gasteiger partial charge in [0, 0.05) is 30.4 Å². The van der Waals surface area contributed by atoms with Gasteiger partial charge in [0.2, 0.25) is 0 Å². The average Bonchev–Trinajstić information content (AvgIpc) is 3.16. The lowest BCUT2D eigenvalue weighted by Crippen LogP contribution is -2.27. The van der Waals surface area contributed by atoms with Crippen LogP contribution in [0.1, 0.15) is 32.9 Å². The Morgan fingerprint density at radius 1 is 0.943 bits per heavy atom. The van der Waals surface area contributed by atoms with Crippen molar-refractivity contribution in [2.24, 2.45) is 0 Å². The van der Waals surface area contributed by atoms with Gasteiger partial charge in [-0.1, -0.05) is 42.0 Å². The van der Waals surface area contributed by atoms with Crippen molar-refractivity contribution in [3.63, 3.8) is 0 Å². The molecule has 8 heteroatoms. The molecule has 180 valence electrons. The number of amides is 1. The monoisotopic (exact) mass is 488 g/mol. The molecule has 0 aliphatic rings. The number of rotatable bonds is 7. The summed E-state index contributed by atoms with van der Waals surface area (Å²) >= 11 is 0. The van der Waals surface area contributed by atoms with Crippen molar-refractivity contribution in [2.75, 3.05) is 11.4 Å². The Kier molecular flexibility index (Phi) is 6.75. The third-order valence-corrected chi connectivity index (χ3v) is 7.80. The summed E-state index contributed by atoms with van der Waals surface area (Å²) in [6, 6.07) is 23.1. The minimum Gasteiger partial charge on any atom is -0.348 e. The molecule has 4 aromatic rings. The van der Waals surface area contributed by atoms with Crippen LogP contribution >= 0.6 is 0 Å². The summed E-state index contributed by atoms with van der Waals surface area (Å²) < 4.78 is 29.4.